The van der Waals surface area contributed by atoms with Gasteiger partial charge in [-0.3, -0.25) is 10.1 Å². The lowest BCUT2D eigenvalue weighted by atomic mass is 9.46. The van der Waals surface area contributed by atoms with Crippen molar-refractivity contribution in [2.45, 2.75) is 62.2 Å². The number of aryl methyl sites for hydroxylation is 1. The fourth-order valence-corrected chi connectivity index (χ4v) is 7.85. The number of fused-ring (bicyclic) bond motifs is 4. The van der Waals surface area contributed by atoms with E-state index >= 15 is 0 Å². The fraction of sp³-hybridized carbons (Fsp3) is 0.440. The first kappa shape index (κ1) is 23.0. The first-order chi connectivity index (χ1) is 15.9. The Labute approximate surface area is 198 Å². The summed E-state index contributed by atoms with van der Waals surface area (Å²) < 4.78 is 28.4. The summed E-state index contributed by atoms with van der Waals surface area (Å²) >= 11 is 0. The number of nitrogens with zero attached hydrogens (tertiary/aromatic N) is 2. The van der Waals surface area contributed by atoms with Crippen LogP contribution in [0.1, 0.15) is 43.7 Å². The lowest BCUT2D eigenvalue weighted by Crippen LogP contribution is -2.70. The molecule has 1 heterocycles. The van der Waals surface area contributed by atoms with E-state index in [1.54, 1.807) is 55.5 Å². The van der Waals surface area contributed by atoms with Gasteiger partial charge < -0.3 is 10.2 Å². The average Bonchev–Trinajstić information content (AvgIpc) is 3.17. The van der Waals surface area contributed by atoms with Gasteiger partial charge in [0.25, 0.3) is 10.0 Å². The number of rotatable bonds is 4. The first-order valence-electron chi connectivity index (χ1n) is 11.4. The molecule has 34 heavy (non-hydrogen) atoms. The molecule has 3 aromatic rings. The molecule has 0 amide bonds. The van der Waals surface area contributed by atoms with Crippen LogP contribution in [0.3, 0.4) is 0 Å². The maximum Gasteiger partial charge on any atom is 0.268 e. The second-order valence-corrected chi connectivity index (χ2v) is 12.1. The Morgan fingerprint density at radius 2 is 1.76 bits per heavy atom. The molecular weight excluding hydrogens is 456 g/mol. The molecular formula is C25H28N2O6S. The second-order valence-electron chi connectivity index (χ2n) is 10.3. The van der Waals surface area contributed by atoms with E-state index in [0.29, 0.717) is 29.3 Å². The summed E-state index contributed by atoms with van der Waals surface area (Å²) in [7, 11) is -3.97. The third-order valence-electron chi connectivity index (χ3n) is 8.25. The standard InChI is InChI=1S/C25H28N2O6S/c1-15-8-10-16(11-9-15)34(32,33)26-14-18(17-6-4-5-7-20(17)26)21-19-12-13-24(2,22(21)27(30)31)23(28)25(19,3)29/h4-11,14,19,21-23,28-29H,12-13H2,1-3H3/t19-,21?,22?,23?,24?,25?/m0/s1. The summed E-state index contributed by atoms with van der Waals surface area (Å²) in [5.41, 5.74) is -0.824. The van der Waals surface area contributed by atoms with Crippen molar-refractivity contribution >= 4 is 20.9 Å². The summed E-state index contributed by atoms with van der Waals surface area (Å²) in [6, 6.07) is 12.3. The Kier molecular flexibility index (Phi) is 4.99. The van der Waals surface area contributed by atoms with Gasteiger partial charge in [-0.25, -0.2) is 12.4 Å². The second kappa shape index (κ2) is 7.37. The maximum atomic E-state index is 13.6. The minimum atomic E-state index is -3.97. The largest absolute Gasteiger partial charge is 0.389 e. The van der Waals surface area contributed by atoms with Gasteiger partial charge in [0.1, 0.15) is 0 Å². The molecule has 3 aliphatic rings. The lowest BCUT2D eigenvalue weighted by molar-refractivity contribution is -0.566. The molecule has 2 N–H and O–H groups in total. The number of para-hydroxylation sites is 1. The van der Waals surface area contributed by atoms with Crippen molar-refractivity contribution < 1.29 is 23.6 Å². The third-order valence-corrected chi connectivity index (χ3v) is 9.93. The third kappa shape index (κ3) is 3.00. The van der Waals surface area contributed by atoms with E-state index in [1.807, 2.05) is 6.92 Å². The number of aliphatic hydroxyl groups excluding tert-OH is 1. The van der Waals surface area contributed by atoms with Gasteiger partial charge in [-0.05, 0) is 50.5 Å². The minimum Gasteiger partial charge on any atom is -0.389 e. The van der Waals surface area contributed by atoms with Gasteiger partial charge >= 0.3 is 0 Å². The van der Waals surface area contributed by atoms with Gasteiger partial charge in [0.2, 0.25) is 6.04 Å². The van der Waals surface area contributed by atoms with Gasteiger partial charge in [0.15, 0.2) is 0 Å². The molecule has 6 atom stereocenters. The van der Waals surface area contributed by atoms with Crippen LogP contribution in [-0.4, -0.2) is 45.3 Å². The molecule has 8 nitrogen and oxygen atoms in total. The zero-order valence-corrected chi connectivity index (χ0v) is 20.1. The van der Waals surface area contributed by atoms with Crippen molar-refractivity contribution in [2.75, 3.05) is 0 Å². The molecule has 6 rings (SSSR count). The van der Waals surface area contributed by atoms with E-state index in [9.17, 15) is 28.7 Å². The Hall–Kier alpha value is -2.75. The number of aliphatic hydroxyl groups is 2. The molecule has 1 aromatic heterocycles. The van der Waals surface area contributed by atoms with Gasteiger partial charge in [-0.2, -0.15) is 0 Å². The molecule has 5 unspecified atom stereocenters. The summed E-state index contributed by atoms with van der Waals surface area (Å²) in [4.78, 5) is 12.1. The van der Waals surface area contributed by atoms with Crippen LogP contribution in [0.4, 0.5) is 0 Å². The van der Waals surface area contributed by atoms with Crippen LogP contribution in [0, 0.1) is 28.4 Å². The normalized spacial score (nSPS) is 33.3. The summed E-state index contributed by atoms with van der Waals surface area (Å²) in [5.74, 6) is -1.35. The van der Waals surface area contributed by atoms with Crippen molar-refractivity contribution in [1.82, 2.24) is 3.97 Å². The number of aromatic nitrogens is 1. The molecule has 0 aliphatic heterocycles. The van der Waals surface area contributed by atoms with Gasteiger partial charge in [0, 0.05) is 22.4 Å². The summed E-state index contributed by atoms with van der Waals surface area (Å²) in [6.45, 7) is 5.06. The fourth-order valence-electron chi connectivity index (χ4n) is 6.47. The van der Waals surface area contributed by atoms with Crippen molar-refractivity contribution in [1.29, 1.82) is 0 Å². The zero-order chi connectivity index (χ0) is 24.6. The number of benzene rings is 2. The topological polar surface area (TPSA) is 123 Å². The minimum absolute atomic E-state index is 0.121. The highest BCUT2D eigenvalue weighted by Gasteiger charge is 2.70. The predicted octanol–water partition coefficient (Wildman–Crippen LogP) is 3.46. The van der Waals surface area contributed by atoms with E-state index in [4.69, 9.17) is 0 Å². The molecule has 180 valence electrons. The highest BCUT2D eigenvalue weighted by atomic mass is 32.2. The smallest absolute Gasteiger partial charge is 0.268 e. The number of hydrogen-bond acceptors (Lipinski definition) is 6. The van der Waals surface area contributed by atoms with E-state index in [-0.39, 0.29) is 9.82 Å². The average molecular weight is 485 g/mol. The van der Waals surface area contributed by atoms with Crippen LogP contribution in [0.5, 0.6) is 0 Å². The zero-order valence-electron chi connectivity index (χ0n) is 19.2. The highest BCUT2D eigenvalue weighted by Crippen LogP contribution is 2.61. The number of nitro groups is 1. The van der Waals surface area contributed by atoms with Crippen molar-refractivity contribution in [3.05, 3.63) is 76.0 Å². The van der Waals surface area contributed by atoms with Gasteiger partial charge in [-0.15, -0.1) is 0 Å². The molecule has 2 bridgehead atoms. The molecule has 0 spiro atoms. The molecule has 0 radical (unpaired) electrons. The van der Waals surface area contributed by atoms with E-state index in [1.165, 1.54) is 17.1 Å². The van der Waals surface area contributed by atoms with Crippen LogP contribution in [0.25, 0.3) is 10.9 Å². The number of hydrogen-bond donors (Lipinski definition) is 2. The SMILES string of the molecule is Cc1ccc(S(=O)(=O)n2cc(C3C([N+](=O)[O-])C4(C)CC[C@@H]3C(C)(O)C4O)c3ccccc32)cc1. The Morgan fingerprint density at radius 3 is 2.41 bits per heavy atom. The van der Waals surface area contributed by atoms with E-state index < -0.39 is 45.0 Å². The van der Waals surface area contributed by atoms with Gasteiger partial charge in [0.05, 0.1) is 33.5 Å². The van der Waals surface area contributed by atoms with Crippen LogP contribution in [0.15, 0.2) is 59.6 Å². The van der Waals surface area contributed by atoms with Crippen LogP contribution < -0.4 is 0 Å². The van der Waals surface area contributed by atoms with Crippen LogP contribution in [0.2, 0.25) is 0 Å². The first-order valence-corrected chi connectivity index (χ1v) is 12.8. The quantitative estimate of drug-likeness (QED) is 0.432. The summed E-state index contributed by atoms with van der Waals surface area (Å²) in [6.07, 6.45) is 1.14. The van der Waals surface area contributed by atoms with Crippen LogP contribution in [-0.2, 0) is 10.0 Å². The molecule has 2 aromatic carbocycles. The van der Waals surface area contributed by atoms with Crippen molar-refractivity contribution in [2.24, 2.45) is 11.3 Å². The predicted molar refractivity (Wildman–Crippen MR) is 127 cm³/mol. The lowest BCUT2D eigenvalue weighted by Gasteiger charge is -2.59. The monoisotopic (exact) mass is 484 g/mol. The Balaban J connectivity index is 1.76. The molecule has 3 aliphatic carbocycles. The molecule has 0 saturated heterocycles. The Morgan fingerprint density at radius 1 is 1.12 bits per heavy atom. The van der Waals surface area contributed by atoms with Crippen molar-refractivity contribution in [3.8, 4) is 0 Å². The van der Waals surface area contributed by atoms with Gasteiger partial charge in [-0.1, -0.05) is 42.8 Å². The maximum absolute atomic E-state index is 13.6. The Bertz CT molecular complexity index is 1390. The molecule has 9 heteroatoms. The van der Waals surface area contributed by atoms with Crippen LogP contribution >= 0.6 is 0 Å². The highest BCUT2D eigenvalue weighted by molar-refractivity contribution is 7.90. The molecule has 3 fully saturated rings. The van der Waals surface area contributed by atoms with E-state index in [0.717, 1.165) is 5.56 Å². The summed E-state index contributed by atoms with van der Waals surface area (Å²) in [5, 5.41) is 35.2. The van der Waals surface area contributed by atoms with Crippen molar-refractivity contribution in [3.63, 3.8) is 0 Å². The van der Waals surface area contributed by atoms with E-state index in [2.05, 4.69) is 0 Å². The molecule has 3 saturated carbocycles.